The molecule has 3 aromatic rings. The van der Waals surface area contributed by atoms with Crippen LogP contribution in [0.5, 0.6) is 0 Å². The van der Waals surface area contributed by atoms with Gasteiger partial charge in [0, 0.05) is 47.4 Å². The summed E-state index contributed by atoms with van der Waals surface area (Å²) in [5.74, 6) is 0.401. The summed E-state index contributed by atoms with van der Waals surface area (Å²) in [6.07, 6.45) is 0.520. The number of hydrogen-bond donors (Lipinski definition) is 2. The van der Waals surface area contributed by atoms with E-state index in [2.05, 4.69) is 24.9 Å². The summed E-state index contributed by atoms with van der Waals surface area (Å²) in [5, 5.41) is 8.75. The van der Waals surface area contributed by atoms with Gasteiger partial charge in [0.25, 0.3) is 5.56 Å². The van der Waals surface area contributed by atoms with Crippen molar-refractivity contribution in [3.63, 3.8) is 0 Å². The summed E-state index contributed by atoms with van der Waals surface area (Å²) >= 11 is 1.29. The van der Waals surface area contributed by atoms with Gasteiger partial charge in [0.05, 0.1) is 13.2 Å². The molecule has 0 spiro atoms. The zero-order valence-corrected chi connectivity index (χ0v) is 17.4. The number of benzene rings is 1. The quantitative estimate of drug-likeness (QED) is 0.620. The predicted octanol–water partition coefficient (Wildman–Crippen LogP) is 2.00. The Morgan fingerprint density at radius 1 is 1.27 bits per heavy atom. The molecule has 3 heterocycles. The zero-order chi connectivity index (χ0) is 20.9. The number of rotatable bonds is 6. The highest BCUT2D eigenvalue weighted by molar-refractivity contribution is 7.03. The summed E-state index contributed by atoms with van der Waals surface area (Å²) in [6, 6.07) is 7.41. The fourth-order valence-corrected chi connectivity index (χ4v) is 3.76. The number of ether oxygens (including phenoxy) is 1. The van der Waals surface area contributed by atoms with Gasteiger partial charge in [-0.3, -0.25) is 14.6 Å². The van der Waals surface area contributed by atoms with Crippen molar-refractivity contribution in [1.82, 2.24) is 19.6 Å². The molecular formula is C20H22N6O3S. The number of H-pyrrole nitrogens is 1. The van der Waals surface area contributed by atoms with E-state index < -0.39 is 0 Å². The Labute approximate surface area is 177 Å². The fraction of sp³-hybridized carbons (Fsp3) is 0.350. The van der Waals surface area contributed by atoms with Gasteiger partial charge in [0.1, 0.15) is 5.69 Å². The van der Waals surface area contributed by atoms with E-state index in [-0.39, 0.29) is 17.9 Å². The highest BCUT2D eigenvalue weighted by atomic mass is 32.1. The molecule has 0 aliphatic carbocycles. The number of carbonyl (C=O) groups is 1. The van der Waals surface area contributed by atoms with Crippen molar-refractivity contribution in [3.05, 3.63) is 51.3 Å². The minimum Gasteiger partial charge on any atom is -0.378 e. The summed E-state index contributed by atoms with van der Waals surface area (Å²) in [6.45, 7) is 4.43. The summed E-state index contributed by atoms with van der Waals surface area (Å²) in [7, 11) is 0. The van der Waals surface area contributed by atoms with Crippen LogP contribution in [0.3, 0.4) is 0 Å². The lowest BCUT2D eigenvalue weighted by molar-refractivity contribution is -0.116. The second-order valence-corrected chi connectivity index (χ2v) is 7.58. The number of nitrogens with zero attached hydrogens (tertiary/aromatic N) is 4. The van der Waals surface area contributed by atoms with Gasteiger partial charge in [-0.25, -0.2) is 4.98 Å². The minimum absolute atomic E-state index is 0.158. The SMILES string of the molecule is Cc1nc(N2CCOCC2)[nH]c(=O)c1CCC(=O)Nc1ccc(-c2csnn2)cc1. The molecule has 0 atom stereocenters. The van der Waals surface area contributed by atoms with Gasteiger partial charge in [-0.2, -0.15) is 0 Å². The first-order valence-electron chi connectivity index (χ1n) is 9.70. The lowest BCUT2D eigenvalue weighted by atomic mass is 10.1. The molecule has 1 aliphatic rings. The van der Waals surface area contributed by atoms with Crippen LogP contribution in [0, 0.1) is 6.92 Å². The highest BCUT2D eigenvalue weighted by Gasteiger charge is 2.17. The van der Waals surface area contributed by atoms with Crippen LogP contribution in [-0.4, -0.2) is 51.8 Å². The van der Waals surface area contributed by atoms with Crippen molar-refractivity contribution in [2.45, 2.75) is 19.8 Å². The lowest BCUT2D eigenvalue weighted by Gasteiger charge is -2.27. The van der Waals surface area contributed by atoms with Gasteiger partial charge in [-0.15, -0.1) is 5.10 Å². The molecule has 2 N–H and O–H groups in total. The maximum absolute atomic E-state index is 12.5. The fourth-order valence-electron chi connectivity index (χ4n) is 3.29. The van der Waals surface area contributed by atoms with E-state index in [4.69, 9.17) is 4.74 Å². The van der Waals surface area contributed by atoms with Gasteiger partial charge in [-0.1, -0.05) is 16.6 Å². The van der Waals surface area contributed by atoms with Gasteiger partial charge < -0.3 is 15.0 Å². The molecule has 156 valence electrons. The maximum Gasteiger partial charge on any atom is 0.255 e. The van der Waals surface area contributed by atoms with Crippen LogP contribution in [0.2, 0.25) is 0 Å². The van der Waals surface area contributed by atoms with E-state index >= 15 is 0 Å². The van der Waals surface area contributed by atoms with Crippen LogP contribution in [0.1, 0.15) is 17.7 Å². The molecule has 10 heteroatoms. The molecule has 1 saturated heterocycles. The van der Waals surface area contributed by atoms with Crippen LogP contribution in [-0.2, 0) is 16.0 Å². The lowest BCUT2D eigenvalue weighted by Crippen LogP contribution is -2.38. The zero-order valence-electron chi connectivity index (χ0n) is 16.6. The molecule has 0 unspecified atom stereocenters. The number of amides is 1. The number of anilines is 2. The molecule has 30 heavy (non-hydrogen) atoms. The highest BCUT2D eigenvalue weighted by Crippen LogP contribution is 2.20. The van der Waals surface area contributed by atoms with E-state index in [9.17, 15) is 9.59 Å². The standard InChI is InChI=1S/C20H22N6O3S/c1-13-16(19(28)23-20(21-13)26-8-10-29-11-9-26)6-7-18(27)22-15-4-2-14(3-5-15)17-12-30-25-24-17/h2-5,12H,6-11H2,1H3,(H,22,27)(H,21,23,28). The average molecular weight is 427 g/mol. The Kier molecular flexibility index (Phi) is 6.15. The number of aryl methyl sites for hydroxylation is 1. The molecule has 9 nitrogen and oxygen atoms in total. The van der Waals surface area contributed by atoms with E-state index in [0.717, 1.165) is 11.3 Å². The first kappa shape index (κ1) is 20.2. The Balaban J connectivity index is 1.36. The van der Waals surface area contributed by atoms with Crippen molar-refractivity contribution in [3.8, 4) is 11.3 Å². The smallest absolute Gasteiger partial charge is 0.255 e. The molecular weight excluding hydrogens is 404 g/mol. The topological polar surface area (TPSA) is 113 Å². The third-order valence-electron chi connectivity index (χ3n) is 4.95. The van der Waals surface area contributed by atoms with E-state index in [0.29, 0.717) is 55.6 Å². The molecule has 1 amide bonds. The first-order chi connectivity index (χ1) is 14.6. The Hall–Kier alpha value is -3.11. The van der Waals surface area contributed by atoms with Gasteiger partial charge in [-0.05, 0) is 37.0 Å². The summed E-state index contributed by atoms with van der Waals surface area (Å²) in [4.78, 5) is 34.2. The second kappa shape index (κ2) is 9.14. The molecule has 0 radical (unpaired) electrons. The molecule has 1 aliphatic heterocycles. The van der Waals surface area contributed by atoms with Crippen LogP contribution in [0.25, 0.3) is 11.3 Å². The van der Waals surface area contributed by atoms with Crippen molar-refractivity contribution in [1.29, 1.82) is 0 Å². The van der Waals surface area contributed by atoms with E-state index in [1.54, 1.807) is 6.92 Å². The van der Waals surface area contributed by atoms with Crippen molar-refractivity contribution in [2.75, 3.05) is 36.5 Å². The van der Waals surface area contributed by atoms with Crippen LogP contribution >= 0.6 is 11.5 Å². The predicted molar refractivity (Wildman–Crippen MR) is 115 cm³/mol. The van der Waals surface area contributed by atoms with Crippen LogP contribution in [0.4, 0.5) is 11.6 Å². The largest absolute Gasteiger partial charge is 0.378 e. The monoisotopic (exact) mass is 426 g/mol. The number of aromatic amines is 1. The Morgan fingerprint density at radius 3 is 2.70 bits per heavy atom. The second-order valence-electron chi connectivity index (χ2n) is 6.97. The third-order valence-corrected chi connectivity index (χ3v) is 5.45. The number of morpholine rings is 1. The van der Waals surface area contributed by atoms with Gasteiger partial charge in [0.15, 0.2) is 0 Å². The van der Waals surface area contributed by atoms with Crippen molar-refractivity contribution in [2.24, 2.45) is 0 Å². The Morgan fingerprint density at radius 2 is 2.03 bits per heavy atom. The van der Waals surface area contributed by atoms with Gasteiger partial charge in [0.2, 0.25) is 11.9 Å². The third kappa shape index (κ3) is 4.71. The average Bonchev–Trinajstić information content (AvgIpc) is 3.29. The molecule has 0 saturated carbocycles. The maximum atomic E-state index is 12.5. The van der Waals surface area contributed by atoms with Crippen LogP contribution < -0.4 is 15.8 Å². The molecule has 1 aromatic carbocycles. The molecule has 1 fully saturated rings. The van der Waals surface area contributed by atoms with E-state index in [1.807, 2.05) is 34.5 Å². The summed E-state index contributed by atoms with van der Waals surface area (Å²) < 4.78 is 9.18. The molecule has 0 bridgehead atoms. The first-order valence-corrected chi connectivity index (χ1v) is 10.5. The van der Waals surface area contributed by atoms with Crippen molar-refractivity contribution >= 4 is 29.1 Å². The number of hydrogen-bond acceptors (Lipinski definition) is 8. The van der Waals surface area contributed by atoms with Gasteiger partial charge >= 0.3 is 0 Å². The summed E-state index contributed by atoms with van der Waals surface area (Å²) in [5.41, 5.74) is 3.43. The molecule has 4 rings (SSSR count). The Bertz CT molecular complexity index is 1060. The number of carbonyl (C=O) groups excluding carboxylic acids is 1. The van der Waals surface area contributed by atoms with E-state index in [1.165, 1.54) is 11.5 Å². The normalized spacial score (nSPS) is 14.0. The minimum atomic E-state index is -0.196. The van der Waals surface area contributed by atoms with Crippen LogP contribution in [0.15, 0.2) is 34.4 Å². The van der Waals surface area contributed by atoms with Crippen molar-refractivity contribution < 1.29 is 9.53 Å². The number of aromatic nitrogens is 4. The number of nitrogens with one attached hydrogen (secondary N) is 2. The molecule has 2 aromatic heterocycles.